The van der Waals surface area contributed by atoms with Crippen molar-refractivity contribution in [2.45, 2.75) is 32.4 Å². The molecule has 2 aromatic rings. The quantitative estimate of drug-likeness (QED) is 0.870. The first kappa shape index (κ1) is 17.0. The van der Waals surface area contributed by atoms with Crippen molar-refractivity contribution in [3.8, 4) is 5.88 Å². The number of ether oxygens (including phenoxy) is 1. The molecular weight excluding hydrogens is 324 g/mol. The van der Waals surface area contributed by atoms with E-state index in [0.717, 1.165) is 36.5 Å². The Kier molecular flexibility index (Phi) is 5.20. The normalized spacial score (nSPS) is 18.0. The van der Waals surface area contributed by atoms with E-state index in [0.29, 0.717) is 13.1 Å². The largest absolute Gasteiger partial charge is 0.481 e. The molecule has 1 fully saturated rings. The van der Waals surface area contributed by atoms with Crippen LogP contribution < -0.4 is 10.1 Å². The van der Waals surface area contributed by atoms with Crippen molar-refractivity contribution < 1.29 is 9.53 Å². The molecule has 0 radical (unpaired) electrons. The third kappa shape index (κ3) is 3.47. The third-order valence-corrected chi connectivity index (χ3v) is 5.37. The van der Waals surface area contributed by atoms with Gasteiger partial charge in [-0.15, -0.1) is 11.3 Å². The van der Waals surface area contributed by atoms with Crippen LogP contribution in [0.5, 0.6) is 5.88 Å². The molecule has 0 aliphatic carbocycles. The molecule has 1 aliphatic rings. The zero-order valence-electron chi connectivity index (χ0n) is 14.4. The van der Waals surface area contributed by atoms with Gasteiger partial charge in [-0.25, -0.2) is 4.68 Å². The minimum Gasteiger partial charge on any atom is -0.481 e. The summed E-state index contributed by atoms with van der Waals surface area (Å²) in [6.45, 7) is 3.94. The van der Waals surface area contributed by atoms with Gasteiger partial charge in [-0.3, -0.25) is 9.69 Å². The number of likely N-dealkylation sites (tertiary alicyclic amines) is 1. The van der Waals surface area contributed by atoms with E-state index in [1.165, 1.54) is 4.88 Å². The summed E-state index contributed by atoms with van der Waals surface area (Å²) in [7, 11) is 3.56. The molecule has 0 saturated carbocycles. The average molecular weight is 348 g/mol. The highest BCUT2D eigenvalue weighted by molar-refractivity contribution is 7.09. The first-order valence-electron chi connectivity index (χ1n) is 8.20. The number of carbonyl (C=O) groups is 1. The number of hydrogen-bond donors (Lipinski definition) is 1. The van der Waals surface area contributed by atoms with Crippen LogP contribution in [0.15, 0.2) is 17.5 Å². The molecule has 1 atom stereocenters. The lowest BCUT2D eigenvalue weighted by Crippen LogP contribution is -2.36. The summed E-state index contributed by atoms with van der Waals surface area (Å²) >= 11 is 1.66. The Bertz CT molecular complexity index is 696. The van der Waals surface area contributed by atoms with Gasteiger partial charge in [-0.05, 0) is 37.8 Å². The number of nitrogens with zero attached hydrogens (tertiary/aromatic N) is 3. The SMILES string of the molecule is COc1c([C@@H]2CCCN2CC(=O)NCc2cccs2)c(C)nn1C. The van der Waals surface area contributed by atoms with Gasteiger partial charge in [0.1, 0.15) is 0 Å². The number of amides is 1. The summed E-state index contributed by atoms with van der Waals surface area (Å²) in [5.74, 6) is 0.860. The van der Waals surface area contributed by atoms with Crippen LogP contribution in [-0.2, 0) is 18.4 Å². The highest BCUT2D eigenvalue weighted by Gasteiger charge is 2.33. The second-order valence-corrected chi connectivity index (χ2v) is 7.15. The monoisotopic (exact) mass is 348 g/mol. The van der Waals surface area contributed by atoms with E-state index in [2.05, 4.69) is 15.3 Å². The summed E-state index contributed by atoms with van der Waals surface area (Å²) in [4.78, 5) is 15.7. The van der Waals surface area contributed by atoms with Gasteiger partial charge in [0.2, 0.25) is 11.8 Å². The zero-order chi connectivity index (χ0) is 17.1. The molecule has 6 nitrogen and oxygen atoms in total. The van der Waals surface area contributed by atoms with Crippen molar-refractivity contribution >= 4 is 17.2 Å². The van der Waals surface area contributed by atoms with Gasteiger partial charge in [-0.2, -0.15) is 5.10 Å². The molecule has 0 spiro atoms. The topological polar surface area (TPSA) is 59.4 Å². The lowest BCUT2D eigenvalue weighted by molar-refractivity contribution is -0.122. The van der Waals surface area contributed by atoms with E-state index < -0.39 is 0 Å². The fourth-order valence-electron chi connectivity index (χ4n) is 3.46. The van der Waals surface area contributed by atoms with Crippen LogP contribution in [0.4, 0.5) is 0 Å². The summed E-state index contributed by atoms with van der Waals surface area (Å²) < 4.78 is 7.31. The molecular formula is C17H24N4O2S. The Morgan fingerprint density at radius 3 is 3.08 bits per heavy atom. The average Bonchev–Trinajstić information content (AvgIpc) is 3.26. The molecule has 0 aromatic carbocycles. The van der Waals surface area contributed by atoms with Gasteiger partial charge in [0.25, 0.3) is 0 Å². The van der Waals surface area contributed by atoms with Gasteiger partial charge in [0, 0.05) is 18.0 Å². The summed E-state index contributed by atoms with van der Waals surface area (Å²) in [5.41, 5.74) is 2.09. The van der Waals surface area contributed by atoms with Gasteiger partial charge in [0.05, 0.1) is 31.5 Å². The van der Waals surface area contributed by atoms with Crippen molar-refractivity contribution in [3.05, 3.63) is 33.6 Å². The van der Waals surface area contributed by atoms with E-state index in [1.54, 1.807) is 23.1 Å². The zero-order valence-corrected chi connectivity index (χ0v) is 15.2. The van der Waals surface area contributed by atoms with Crippen molar-refractivity contribution in [1.29, 1.82) is 0 Å². The summed E-state index contributed by atoms with van der Waals surface area (Å²) in [6, 6.07) is 4.23. The van der Waals surface area contributed by atoms with Crippen molar-refractivity contribution in [2.75, 3.05) is 20.2 Å². The predicted molar refractivity (Wildman–Crippen MR) is 94.2 cm³/mol. The van der Waals surface area contributed by atoms with Gasteiger partial charge >= 0.3 is 0 Å². The maximum Gasteiger partial charge on any atom is 0.234 e. The van der Waals surface area contributed by atoms with Crippen LogP contribution in [0.3, 0.4) is 0 Å². The van der Waals surface area contributed by atoms with E-state index in [4.69, 9.17) is 4.74 Å². The lowest BCUT2D eigenvalue weighted by atomic mass is 10.1. The second kappa shape index (κ2) is 7.36. The number of aryl methyl sites for hydroxylation is 2. The molecule has 1 N–H and O–H groups in total. The van der Waals surface area contributed by atoms with E-state index in [-0.39, 0.29) is 11.9 Å². The number of thiophene rings is 1. The first-order chi connectivity index (χ1) is 11.6. The molecule has 24 heavy (non-hydrogen) atoms. The minimum atomic E-state index is 0.0656. The molecule has 130 valence electrons. The second-order valence-electron chi connectivity index (χ2n) is 6.12. The number of rotatable bonds is 6. The van der Waals surface area contributed by atoms with Gasteiger partial charge < -0.3 is 10.1 Å². The maximum atomic E-state index is 12.3. The van der Waals surface area contributed by atoms with Crippen LogP contribution in [0, 0.1) is 6.92 Å². The fourth-order valence-corrected chi connectivity index (χ4v) is 4.11. The molecule has 2 aromatic heterocycles. The number of nitrogens with one attached hydrogen (secondary N) is 1. The molecule has 0 unspecified atom stereocenters. The van der Waals surface area contributed by atoms with Crippen LogP contribution >= 0.6 is 11.3 Å². The maximum absolute atomic E-state index is 12.3. The Hall–Kier alpha value is -1.86. The van der Waals surface area contributed by atoms with Crippen LogP contribution in [0.1, 0.15) is 35.0 Å². The van der Waals surface area contributed by atoms with E-state index in [1.807, 2.05) is 31.5 Å². The standard InChI is InChI=1S/C17H24N4O2S/c1-12-16(17(23-3)20(2)19-12)14-7-4-8-21(14)11-15(22)18-10-13-6-5-9-24-13/h5-6,9,14H,4,7-8,10-11H2,1-3H3,(H,18,22)/t14-/m0/s1. The lowest BCUT2D eigenvalue weighted by Gasteiger charge is -2.24. The molecule has 1 amide bonds. The van der Waals surface area contributed by atoms with Crippen molar-refractivity contribution in [1.82, 2.24) is 20.0 Å². The van der Waals surface area contributed by atoms with E-state index >= 15 is 0 Å². The third-order valence-electron chi connectivity index (χ3n) is 4.49. The smallest absolute Gasteiger partial charge is 0.234 e. The Labute approximate surface area is 146 Å². The van der Waals surface area contributed by atoms with Gasteiger partial charge in [0.15, 0.2) is 0 Å². The molecule has 7 heteroatoms. The first-order valence-corrected chi connectivity index (χ1v) is 9.08. The Morgan fingerprint density at radius 1 is 1.54 bits per heavy atom. The van der Waals surface area contributed by atoms with Crippen LogP contribution in [0.25, 0.3) is 0 Å². The Morgan fingerprint density at radius 2 is 2.38 bits per heavy atom. The van der Waals surface area contributed by atoms with Crippen LogP contribution in [0.2, 0.25) is 0 Å². The van der Waals surface area contributed by atoms with Crippen molar-refractivity contribution in [2.24, 2.45) is 7.05 Å². The fraction of sp³-hybridized carbons (Fsp3) is 0.529. The number of carbonyl (C=O) groups excluding carboxylic acids is 1. The number of aromatic nitrogens is 2. The van der Waals surface area contributed by atoms with Gasteiger partial charge in [-0.1, -0.05) is 6.07 Å². The highest BCUT2D eigenvalue weighted by atomic mass is 32.1. The van der Waals surface area contributed by atoms with Crippen LogP contribution in [-0.4, -0.2) is 40.8 Å². The minimum absolute atomic E-state index is 0.0656. The predicted octanol–water partition coefficient (Wildman–Crippen LogP) is 2.25. The van der Waals surface area contributed by atoms with Crippen molar-refractivity contribution in [3.63, 3.8) is 0 Å². The molecule has 0 bridgehead atoms. The van der Waals surface area contributed by atoms with E-state index in [9.17, 15) is 4.79 Å². The molecule has 3 rings (SSSR count). The molecule has 3 heterocycles. The number of methoxy groups -OCH3 is 1. The summed E-state index contributed by atoms with van der Waals surface area (Å²) in [6.07, 6.45) is 2.11. The number of hydrogen-bond acceptors (Lipinski definition) is 5. The molecule has 1 saturated heterocycles. The molecule has 1 aliphatic heterocycles. The highest BCUT2D eigenvalue weighted by Crippen LogP contribution is 2.38. The Balaban J connectivity index is 1.66. The summed E-state index contributed by atoms with van der Waals surface area (Å²) in [5, 5.41) is 9.51.